The van der Waals surface area contributed by atoms with Crippen molar-refractivity contribution in [3.63, 3.8) is 0 Å². The van der Waals surface area contributed by atoms with Crippen LogP contribution >= 0.6 is 0 Å². The molecule has 14 heavy (non-hydrogen) atoms. The summed E-state index contributed by atoms with van der Waals surface area (Å²) in [6.45, 7) is 7.46. The molecule has 0 amide bonds. The third-order valence-corrected chi connectivity index (χ3v) is 2.34. The normalized spacial score (nSPS) is 13.3. The second kappa shape index (κ2) is 4.56. The number of rotatable bonds is 3. The topological polar surface area (TPSA) is 20.2 Å². The van der Waals surface area contributed by atoms with Gasteiger partial charge in [0.25, 0.3) is 0 Å². The number of benzene rings is 1. The highest BCUT2D eigenvalue weighted by atomic mass is 19.1. The van der Waals surface area contributed by atoms with E-state index in [9.17, 15) is 4.39 Å². The maximum atomic E-state index is 13.8. The van der Waals surface area contributed by atoms with Crippen LogP contribution in [0.15, 0.2) is 18.2 Å². The van der Waals surface area contributed by atoms with Gasteiger partial charge in [0.05, 0.1) is 6.61 Å². The Bertz CT molecular complexity index is 307. The fourth-order valence-corrected chi connectivity index (χ4v) is 1.43. The molecule has 77 valence electrons. The number of hydrogen-bond donors (Lipinski definition) is 1. The van der Waals surface area contributed by atoms with Gasteiger partial charge in [0.1, 0.15) is 5.82 Å². The molecule has 1 aromatic carbocycles. The van der Waals surface area contributed by atoms with Gasteiger partial charge in [-0.05, 0) is 24.0 Å². The molecule has 1 radical (unpaired) electrons. The van der Waals surface area contributed by atoms with E-state index in [0.29, 0.717) is 11.1 Å². The lowest BCUT2D eigenvalue weighted by Crippen LogP contribution is -2.05. The third-order valence-electron chi connectivity index (χ3n) is 2.34. The molecule has 0 heterocycles. The average Bonchev–Trinajstić information content (AvgIpc) is 2.16. The first kappa shape index (κ1) is 11.2. The molecule has 1 aromatic rings. The number of hydrogen-bond acceptors (Lipinski definition) is 1. The fraction of sp³-hybridized carbons (Fsp3) is 0.417. The van der Waals surface area contributed by atoms with Crippen molar-refractivity contribution in [2.45, 2.75) is 25.7 Å². The maximum absolute atomic E-state index is 13.8. The molecule has 0 aliphatic heterocycles. The summed E-state index contributed by atoms with van der Waals surface area (Å²) in [6, 6.07) is 5.25. The van der Waals surface area contributed by atoms with Crippen molar-refractivity contribution < 1.29 is 9.50 Å². The zero-order chi connectivity index (χ0) is 10.7. The molecule has 1 unspecified atom stereocenters. The number of aliphatic hydroxyl groups excluding tert-OH is 1. The van der Waals surface area contributed by atoms with Crippen LogP contribution in [-0.2, 0) is 0 Å². The minimum Gasteiger partial charge on any atom is -0.396 e. The van der Waals surface area contributed by atoms with E-state index in [0.717, 1.165) is 0 Å². The van der Waals surface area contributed by atoms with E-state index in [1.54, 1.807) is 12.1 Å². The minimum absolute atomic E-state index is 0.127. The molecule has 0 bridgehead atoms. The largest absolute Gasteiger partial charge is 0.396 e. The maximum Gasteiger partial charge on any atom is 0.130 e. The minimum atomic E-state index is -0.381. The van der Waals surface area contributed by atoms with Crippen molar-refractivity contribution in [3.05, 3.63) is 42.1 Å². The Morgan fingerprint density at radius 1 is 1.36 bits per heavy atom. The van der Waals surface area contributed by atoms with E-state index in [1.807, 2.05) is 19.9 Å². The van der Waals surface area contributed by atoms with Gasteiger partial charge < -0.3 is 5.11 Å². The first-order chi connectivity index (χ1) is 6.57. The standard InChI is InChI=1S/C12H16FO/c1-8(2)10-5-4-6-11(12(10)13)9(3)7-14/h4-6,8-9,14H,3,7H2,1-2H3. The van der Waals surface area contributed by atoms with Crippen molar-refractivity contribution in [2.24, 2.45) is 0 Å². The summed E-state index contributed by atoms with van der Waals surface area (Å²) in [5.74, 6) is -0.453. The Balaban J connectivity index is 3.13. The molecule has 0 fully saturated rings. The summed E-state index contributed by atoms with van der Waals surface area (Å²) >= 11 is 0. The summed E-state index contributed by atoms with van der Waals surface area (Å²) in [6.07, 6.45) is 0. The van der Waals surface area contributed by atoms with Gasteiger partial charge >= 0.3 is 0 Å². The van der Waals surface area contributed by atoms with Crippen LogP contribution in [0.4, 0.5) is 4.39 Å². The highest BCUT2D eigenvalue weighted by Crippen LogP contribution is 2.25. The molecule has 1 nitrogen and oxygen atoms in total. The lowest BCUT2D eigenvalue weighted by Gasteiger charge is -2.14. The SMILES string of the molecule is [CH2]C(CO)c1cccc(C(C)C)c1F. The fourth-order valence-electron chi connectivity index (χ4n) is 1.43. The van der Waals surface area contributed by atoms with Gasteiger partial charge in [-0.15, -0.1) is 0 Å². The second-order valence-corrected chi connectivity index (χ2v) is 3.78. The van der Waals surface area contributed by atoms with Gasteiger partial charge in [0, 0.05) is 5.92 Å². The lowest BCUT2D eigenvalue weighted by molar-refractivity contribution is 0.280. The first-order valence-corrected chi connectivity index (χ1v) is 4.80. The van der Waals surface area contributed by atoms with E-state index < -0.39 is 0 Å². The molecule has 0 spiro atoms. The van der Waals surface area contributed by atoms with Crippen molar-refractivity contribution >= 4 is 0 Å². The van der Waals surface area contributed by atoms with Crippen LogP contribution in [0.3, 0.4) is 0 Å². The van der Waals surface area contributed by atoms with Crippen molar-refractivity contribution in [3.8, 4) is 0 Å². The summed E-state index contributed by atoms with van der Waals surface area (Å²) < 4.78 is 13.8. The van der Waals surface area contributed by atoms with Crippen molar-refractivity contribution in [1.82, 2.24) is 0 Å². The van der Waals surface area contributed by atoms with Crippen molar-refractivity contribution in [2.75, 3.05) is 6.61 Å². The Hall–Kier alpha value is -0.890. The molecule has 0 saturated carbocycles. The molecular formula is C12H16FO. The van der Waals surface area contributed by atoms with E-state index in [-0.39, 0.29) is 24.3 Å². The van der Waals surface area contributed by atoms with E-state index in [2.05, 4.69) is 6.92 Å². The summed E-state index contributed by atoms with van der Waals surface area (Å²) in [5.41, 5.74) is 1.18. The summed E-state index contributed by atoms with van der Waals surface area (Å²) in [7, 11) is 0. The lowest BCUT2D eigenvalue weighted by atomic mass is 9.94. The van der Waals surface area contributed by atoms with Gasteiger partial charge in [-0.3, -0.25) is 0 Å². The van der Waals surface area contributed by atoms with Gasteiger partial charge in [-0.1, -0.05) is 32.0 Å². The van der Waals surface area contributed by atoms with Crippen LogP contribution in [0.5, 0.6) is 0 Å². The van der Waals surface area contributed by atoms with Crippen LogP contribution in [0.1, 0.15) is 36.8 Å². The van der Waals surface area contributed by atoms with E-state index in [4.69, 9.17) is 5.11 Å². The third kappa shape index (κ3) is 2.13. The average molecular weight is 195 g/mol. The molecule has 0 aliphatic carbocycles. The van der Waals surface area contributed by atoms with Crippen LogP contribution < -0.4 is 0 Å². The highest BCUT2D eigenvalue weighted by molar-refractivity contribution is 5.31. The summed E-state index contributed by atoms with van der Waals surface area (Å²) in [4.78, 5) is 0. The molecule has 0 aromatic heterocycles. The first-order valence-electron chi connectivity index (χ1n) is 4.80. The molecule has 2 heteroatoms. The Kier molecular flexibility index (Phi) is 3.64. The Morgan fingerprint density at radius 3 is 2.43 bits per heavy atom. The number of aliphatic hydroxyl groups is 1. The molecule has 1 N–H and O–H groups in total. The predicted molar refractivity (Wildman–Crippen MR) is 55.7 cm³/mol. The quantitative estimate of drug-likeness (QED) is 0.786. The van der Waals surface area contributed by atoms with Gasteiger partial charge in [0.15, 0.2) is 0 Å². The van der Waals surface area contributed by atoms with Crippen LogP contribution in [0.25, 0.3) is 0 Å². The van der Waals surface area contributed by atoms with Crippen LogP contribution in [0.2, 0.25) is 0 Å². The zero-order valence-corrected chi connectivity index (χ0v) is 8.63. The zero-order valence-electron chi connectivity index (χ0n) is 8.63. The monoisotopic (exact) mass is 195 g/mol. The second-order valence-electron chi connectivity index (χ2n) is 3.78. The van der Waals surface area contributed by atoms with E-state index >= 15 is 0 Å². The smallest absolute Gasteiger partial charge is 0.130 e. The Morgan fingerprint density at radius 2 is 1.93 bits per heavy atom. The Labute approximate surface area is 84.6 Å². The van der Waals surface area contributed by atoms with Crippen LogP contribution in [-0.4, -0.2) is 11.7 Å². The van der Waals surface area contributed by atoms with Gasteiger partial charge in [-0.2, -0.15) is 0 Å². The molecule has 1 rings (SSSR count). The van der Waals surface area contributed by atoms with Crippen LogP contribution in [0, 0.1) is 12.7 Å². The molecule has 0 saturated heterocycles. The highest BCUT2D eigenvalue weighted by Gasteiger charge is 2.14. The van der Waals surface area contributed by atoms with Crippen molar-refractivity contribution in [1.29, 1.82) is 0 Å². The molecular weight excluding hydrogens is 179 g/mol. The number of halogens is 1. The van der Waals surface area contributed by atoms with Gasteiger partial charge in [0.2, 0.25) is 0 Å². The molecule has 0 aliphatic rings. The molecule has 1 atom stereocenters. The predicted octanol–water partition coefficient (Wildman–Crippen LogP) is 2.86. The van der Waals surface area contributed by atoms with E-state index in [1.165, 1.54) is 0 Å². The summed E-state index contributed by atoms with van der Waals surface area (Å²) in [5, 5.41) is 8.91. The van der Waals surface area contributed by atoms with Gasteiger partial charge in [-0.25, -0.2) is 4.39 Å².